The maximum Gasteiger partial charge on any atom is 0.119 e. The molecule has 0 radical (unpaired) electrons. The molecule has 0 fully saturated rings. The van der Waals surface area contributed by atoms with E-state index in [0.29, 0.717) is 0 Å². The minimum atomic E-state index is 0.891. The van der Waals surface area contributed by atoms with Crippen LogP contribution in [0.4, 0.5) is 0 Å². The number of ether oxygens (including phenoxy) is 1. The number of rotatable bonds is 2. The summed E-state index contributed by atoms with van der Waals surface area (Å²) in [4.78, 5) is 1.14. The van der Waals surface area contributed by atoms with Gasteiger partial charge in [0.05, 0.1) is 7.11 Å². The molecule has 2 nitrogen and oxygen atoms in total. The number of hydrogen-bond donors (Lipinski definition) is 1. The first kappa shape index (κ1) is 9.42. The second-order valence-electron chi connectivity index (χ2n) is 2.71. The van der Waals surface area contributed by atoms with E-state index in [2.05, 4.69) is 0 Å². The summed E-state index contributed by atoms with van der Waals surface area (Å²) in [7, 11) is 1.67. The van der Waals surface area contributed by atoms with Crippen molar-refractivity contribution in [3.63, 3.8) is 0 Å². The molecule has 0 aliphatic rings. The van der Waals surface area contributed by atoms with Crippen LogP contribution in [0.15, 0.2) is 17.0 Å². The summed E-state index contributed by atoms with van der Waals surface area (Å²) in [5.74, 6) is 0.891. The minimum absolute atomic E-state index is 0.891. The van der Waals surface area contributed by atoms with Crippen LogP contribution in [0.1, 0.15) is 11.1 Å². The molecule has 0 aliphatic heterocycles. The van der Waals surface area contributed by atoms with E-state index in [0.717, 1.165) is 10.6 Å². The summed E-state index contributed by atoms with van der Waals surface area (Å²) in [5, 5.41) is 5.52. The van der Waals surface area contributed by atoms with Crippen molar-refractivity contribution in [1.82, 2.24) is 0 Å². The Balaban J connectivity index is 3.18. The fourth-order valence-corrected chi connectivity index (χ4v) is 1.70. The molecular formula is C9H13NOS. The molecule has 0 atom stereocenters. The van der Waals surface area contributed by atoms with Gasteiger partial charge >= 0.3 is 0 Å². The summed E-state index contributed by atoms with van der Waals surface area (Å²) in [6.07, 6.45) is 0. The Labute approximate surface area is 77.2 Å². The molecule has 0 aliphatic carbocycles. The van der Waals surface area contributed by atoms with E-state index in [-0.39, 0.29) is 0 Å². The van der Waals surface area contributed by atoms with Crippen LogP contribution in [0.25, 0.3) is 0 Å². The van der Waals surface area contributed by atoms with Gasteiger partial charge in [-0.25, -0.2) is 0 Å². The molecule has 1 aromatic carbocycles. The second kappa shape index (κ2) is 3.83. The van der Waals surface area contributed by atoms with E-state index < -0.39 is 0 Å². The first-order chi connectivity index (χ1) is 5.69. The van der Waals surface area contributed by atoms with Crippen LogP contribution in [0.3, 0.4) is 0 Å². The van der Waals surface area contributed by atoms with Gasteiger partial charge < -0.3 is 4.74 Å². The van der Waals surface area contributed by atoms with Gasteiger partial charge in [-0.05, 0) is 49.1 Å². The highest BCUT2D eigenvalue weighted by Crippen LogP contribution is 2.26. The van der Waals surface area contributed by atoms with Gasteiger partial charge in [0.2, 0.25) is 0 Å². The molecule has 66 valence electrons. The lowest BCUT2D eigenvalue weighted by molar-refractivity contribution is 0.413. The molecule has 0 heterocycles. The normalized spacial score (nSPS) is 10.0. The van der Waals surface area contributed by atoms with Crippen LogP contribution in [0, 0.1) is 13.8 Å². The van der Waals surface area contributed by atoms with E-state index in [1.165, 1.54) is 23.1 Å². The van der Waals surface area contributed by atoms with Crippen LogP contribution < -0.4 is 9.88 Å². The highest BCUT2D eigenvalue weighted by atomic mass is 32.2. The molecule has 0 saturated heterocycles. The van der Waals surface area contributed by atoms with Crippen molar-refractivity contribution in [3.8, 4) is 5.75 Å². The highest BCUT2D eigenvalue weighted by molar-refractivity contribution is 7.97. The van der Waals surface area contributed by atoms with Gasteiger partial charge in [-0.15, -0.1) is 0 Å². The van der Waals surface area contributed by atoms with Gasteiger partial charge in [0.15, 0.2) is 0 Å². The highest BCUT2D eigenvalue weighted by Gasteiger charge is 2.03. The Morgan fingerprint density at radius 1 is 1.25 bits per heavy atom. The van der Waals surface area contributed by atoms with Crippen LogP contribution in [-0.4, -0.2) is 7.11 Å². The predicted molar refractivity (Wildman–Crippen MR) is 52.5 cm³/mol. The average molecular weight is 183 g/mol. The van der Waals surface area contributed by atoms with Gasteiger partial charge in [-0.3, -0.25) is 5.14 Å². The van der Waals surface area contributed by atoms with Crippen molar-refractivity contribution in [2.45, 2.75) is 18.7 Å². The molecule has 1 rings (SSSR count). The predicted octanol–water partition coefficient (Wildman–Crippen LogP) is 2.28. The first-order valence-electron chi connectivity index (χ1n) is 3.71. The third-order valence-electron chi connectivity index (χ3n) is 1.79. The number of benzene rings is 1. The van der Waals surface area contributed by atoms with E-state index in [1.807, 2.05) is 26.0 Å². The van der Waals surface area contributed by atoms with E-state index in [9.17, 15) is 0 Å². The van der Waals surface area contributed by atoms with Crippen molar-refractivity contribution < 1.29 is 4.74 Å². The average Bonchev–Trinajstić information content (AvgIpc) is 2.03. The molecule has 0 saturated carbocycles. The smallest absolute Gasteiger partial charge is 0.119 e. The number of methoxy groups -OCH3 is 1. The molecule has 0 aromatic heterocycles. The number of nitrogens with two attached hydrogens (primary N) is 1. The maximum absolute atomic E-state index is 5.52. The zero-order chi connectivity index (χ0) is 9.14. The molecule has 0 bridgehead atoms. The second-order valence-corrected chi connectivity index (χ2v) is 3.35. The summed E-state index contributed by atoms with van der Waals surface area (Å²) in [6.45, 7) is 4.06. The molecular weight excluding hydrogens is 170 g/mol. The van der Waals surface area contributed by atoms with Crippen molar-refractivity contribution in [1.29, 1.82) is 0 Å². The molecule has 0 unspecified atom stereocenters. The summed E-state index contributed by atoms with van der Waals surface area (Å²) in [6, 6.07) is 3.98. The largest absolute Gasteiger partial charge is 0.497 e. The Kier molecular flexibility index (Phi) is 3.00. The zero-order valence-electron chi connectivity index (χ0n) is 7.55. The molecule has 3 heteroatoms. The van der Waals surface area contributed by atoms with Crippen molar-refractivity contribution in [2.24, 2.45) is 5.14 Å². The van der Waals surface area contributed by atoms with Gasteiger partial charge in [0, 0.05) is 4.90 Å². The van der Waals surface area contributed by atoms with E-state index in [1.54, 1.807) is 7.11 Å². The van der Waals surface area contributed by atoms with E-state index in [4.69, 9.17) is 9.88 Å². The fourth-order valence-electron chi connectivity index (χ4n) is 1.21. The lowest BCUT2D eigenvalue weighted by Gasteiger charge is -2.08. The van der Waals surface area contributed by atoms with Crippen molar-refractivity contribution in [2.75, 3.05) is 7.11 Å². The lowest BCUT2D eigenvalue weighted by Crippen LogP contribution is -1.91. The van der Waals surface area contributed by atoms with Crippen LogP contribution >= 0.6 is 11.9 Å². The molecule has 12 heavy (non-hydrogen) atoms. The lowest BCUT2D eigenvalue weighted by atomic mass is 10.1. The van der Waals surface area contributed by atoms with Gasteiger partial charge in [-0.2, -0.15) is 0 Å². The Morgan fingerprint density at radius 2 is 1.75 bits per heavy atom. The third kappa shape index (κ3) is 1.73. The summed E-state index contributed by atoms with van der Waals surface area (Å²) in [5.41, 5.74) is 2.33. The summed E-state index contributed by atoms with van der Waals surface area (Å²) >= 11 is 1.29. The van der Waals surface area contributed by atoms with Crippen molar-refractivity contribution in [3.05, 3.63) is 23.3 Å². The Hall–Kier alpha value is -0.670. The summed E-state index contributed by atoms with van der Waals surface area (Å²) < 4.78 is 5.13. The molecule has 1 aromatic rings. The van der Waals surface area contributed by atoms with Gasteiger partial charge in [0.1, 0.15) is 5.75 Å². The Bertz CT molecular complexity index is 263. The first-order valence-corrected chi connectivity index (χ1v) is 4.59. The fraction of sp³-hybridized carbons (Fsp3) is 0.333. The number of aryl methyl sites for hydroxylation is 2. The third-order valence-corrected chi connectivity index (χ3v) is 2.67. The molecule has 2 N–H and O–H groups in total. The van der Waals surface area contributed by atoms with Crippen LogP contribution in [0.2, 0.25) is 0 Å². The minimum Gasteiger partial charge on any atom is -0.497 e. The Morgan fingerprint density at radius 3 is 2.08 bits per heavy atom. The van der Waals surface area contributed by atoms with Crippen molar-refractivity contribution >= 4 is 11.9 Å². The molecule has 0 spiro atoms. The standard InChI is InChI=1S/C9H13NOS/c1-6-4-8(11-3)5-7(2)9(6)12-10/h4-5H,10H2,1-3H3. The van der Waals surface area contributed by atoms with Gasteiger partial charge in [-0.1, -0.05) is 0 Å². The topological polar surface area (TPSA) is 35.2 Å². The van der Waals surface area contributed by atoms with Crippen LogP contribution in [-0.2, 0) is 0 Å². The van der Waals surface area contributed by atoms with E-state index >= 15 is 0 Å². The SMILES string of the molecule is COc1cc(C)c(SN)c(C)c1. The van der Waals surface area contributed by atoms with Crippen LogP contribution in [0.5, 0.6) is 5.75 Å². The number of hydrogen-bond acceptors (Lipinski definition) is 3. The molecule has 0 amide bonds. The monoisotopic (exact) mass is 183 g/mol. The van der Waals surface area contributed by atoms with Gasteiger partial charge in [0.25, 0.3) is 0 Å². The zero-order valence-corrected chi connectivity index (χ0v) is 8.37. The maximum atomic E-state index is 5.52. The quantitative estimate of drug-likeness (QED) is 0.714.